The molecule has 112 valence electrons. The molecule has 3 N–H and O–H groups in total. The standard InChI is InChI=1S/C18H13N3O2/c22-17-10-14(13-3-1-2-4-15(13)21-17)18(23)20-12-6-5-11-7-8-19-16(11)9-12/h1-10,19H,(H,20,23)(H,21,22). The summed E-state index contributed by atoms with van der Waals surface area (Å²) >= 11 is 0. The van der Waals surface area contributed by atoms with Gasteiger partial charge >= 0.3 is 0 Å². The van der Waals surface area contributed by atoms with Crippen LogP contribution in [0.4, 0.5) is 5.69 Å². The number of carbonyl (C=O) groups is 1. The third-order valence-electron chi connectivity index (χ3n) is 3.81. The summed E-state index contributed by atoms with van der Waals surface area (Å²) in [5.41, 5.74) is 2.32. The number of anilines is 1. The Kier molecular flexibility index (Phi) is 2.98. The third kappa shape index (κ3) is 2.38. The molecule has 0 saturated heterocycles. The van der Waals surface area contributed by atoms with Gasteiger partial charge in [0.1, 0.15) is 0 Å². The van der Waals surface area contributed by atoms with E-state index in [4.69, 9.17) is 0 Å². The Labute approximate surface area is 131 Å². The fraction of sp³-hybridized carbons (Fsp3) is 0. The largest absolute Gasteiger partial charge is 0.361 e. The molecule has 2 heterocycles. The molecule has 0 aliphatic carbocycles. The summed E-state index contributed by atoms with van der Waals surface area (Å²) in [7, 11) is 0. The lowest BCUT2D eigenvalue weighted by Gasteiger charge is -2.08. The summed E-state index contributed by atoms with van der Waals surface area (Å²) < 4.78 is 0. The van der Waals surface area contributed by atoms with Gasteiger partial charge in [0.05, 0.1) is 5.56 Å². The number of benzene rings is 2. The highest BCUT2D eigenvalue weighted by molar-refractivity contribution is 6.12. The maximum Gasteiger partial charge on any atom is 0.256 e. The van der Waals surface area contributed by atoms with Crippen LogP contribution in [0, 0.1) is 0 Å². The zero-order chi connectivity index (χ0) is 15.8. The Morgan fingerprint density at radius 2 is 1.83 bits per heavy atom. The number of hydrogen-bond acceptors (Lipinski definition) is 2. The van der Waals surface area contributed by atoms with Crippen molar-refractivity contribution in [3.63, 3.8) is 0 Å². The highest BCUT2D eigenvalue weighted by Crippen LogP contribution is 2.20. The first-order valence-corrected chi connectivity index (χ1v) is 7.21. The molecule has 0 atom stereocenters. The summed E-state index contributed by atoms with van der Waals surface area (Å²) in [6, 6.07) is 16.2. The average molecular weight is 303 g/mol. The van der Waals surface area contributed by atoms with Crippen molar-refractivity contribution in [2.75, 3.05) is 5.32 Å². The topological polar surface area (TPSA) is 77.8 Å². The van der Waals surface area contributed by atoms with Gasteiger partial charge in [0.2, 0.25) is 5.56 Å². The summed E-state index contributed by atoms with van der Waals surface area (Å²) in [4.78, 5) is 30.2. The van der Waals surface area contributed by atoms with Crippen LogP contribution in [0.2, 0.25) is 0 Å². The number of rotatable bonds is 2. The maximum absolute atomic E-state index is 12.6. The lowest BCUT2D eigenvalue weighted by molar-refractivity contribution is 0.102. The van der Waals surface area contributed by atoms with Crippen molar-refractivity contribution in [1.29, 1.82) is 0 Å². The molecule has 4 aromatic rings. The van der Waals surface area contributed by atoms with E-state index in [-0.39, 0.29) is 11.5 Å². The molecule has 0 spiro atoms. The van der Waals surface area contributed by atoms with Crippen LogP contribution in [0.25, 0.3) is 21.8 Å². The third-order valence-corrected chi connectivity index (χ3v) is 3.81. The quantitative estimate of drug-likeness (QED) is 0.531. The Balaban J connectivity index is 1.75. The molecule has 0 radical (unpaired) electrons. The monoisotopic (exact) mass is 303 g/mol. The minimum atomic E-state index is -0.307. The van der Waals surface area contributed by atoms with Crippen molar-refractivity contribution in [1.82, 2.24) is 9.97 Å². The van der Waals surface area contributed by atoms with Gasteiger partial charge in [0, 0.05) is 34.4 Å². The zero-order valence-electron chi connectivity index (χ0n) is 12.1. The van der Waals surface area contributed by atoms with Crippen LogP contribution in [-0.4, -0.2) is 15.9 Å². The van der Waals surface area contributed by atoms with Gasteiger partial charge in [0.25, 0.3) is 5.91 Å². The number of pyridine rings is 1. The van der Waals surface area contributed by atoms with E-state index in [0.717, 1.165) is 10.9 Å². The van der Waals surface area contributed by atoms with Crippen molar-refractivity contribution in [3.05, 3.63) is 76.7 Å². The van der Waals surface area contributed by atoms with E-state index < -0.39 is 0 Å². The van der Waals surface area contributed by atoms with Crippen molar-refractivity contribution in [3.8, 4) is 0 Å². The molecule has 0 fully saturated rings. The Hall–Kier alpha value is -3.34. The lowest BCUT2D eigenvalue weighted by Crippen LogP contribution is -2.16. The number of aromatic nitrogens is 2. The molecule has 0 bridgehead atoms. The molecule has 4 rings (SSSR count). The predicted molar refractivity (Wildman–Crippen MR) is 90.8 cm³/mol. The van der Waals surface area contributed by atoms with Gasteiger partial charge in [-0.05, 0) is 29.7 Å². The Morgan fingerprint density at radius 1 is 0.957 bits per heavy atom. The van der Waals surface area contributed by atoms with Crippen molar-refractivity contribution in [2.24, 2.45) is 0 Å². The van der Waals surface area contributed by atoms with E-state index in [2.05, 4.69) is 15.3 Å². The first kappa shape index (κ1) is 13.3. The first-order valence-electron chi connectivity index (χ1n) is 7.21. The minimum Gasteiger partial charge on any atom is -0.361 e. The van der Waals surface area contributed by atoms with Crippen molar-refractivity contribution in [2.45, 2.75) is 0 Å². The van der Waals surface area contributed by atoms with Gasteiger partial charge in [0.15, 0.2) is 0 Å². The van der Waals surface area contributed by atoms with Crippen LogP contribution >= 0.6 is 0 Å². The van der Waals surface area contributed by atoms with Crippen LogP contribution < -0.4 is 10.9 Å². The number of para-hydroxylation sites is 1. The molecular weight excluding hydrogens is 290 g/mol. The summed E-state index contributed by atoms with van der Waals surface area (Å²) in [6.45, 7) is 0. The van der Waals surface area contributed by atoms with E-state index in [0.29, 0.717) is 22.2 Å². The lowest BCUT2D eigenvalue weighted by atomic mass is 10.1. The highest BCUT2D eigenvalue weighted by atomic mass is 16.2. The SMILES string of the molecule is O=C(Nc1ccc2cc[nH]c2c1)c1cc(=O)[nH]c2ccccc12. The van der Waals surface area contributed by atoms with Gasteiger partial charge in [-0.25, -0.2) is 0 Å². The Bertz CT molecular complexity index is 1090. The minimum absolute atomic E-state index is 0.298. The predicted octanol–water partition coefficient (Wildman–Crippen LogP) is 3.26. The molecule has 5 heteroatoms. The van der Waals surface area contributed by atoms with E-state index >= 15 is 0 Å². The summed E-state index contributed by atoms with van der Waals surface area (Å²) in [5.74, 6) is -0.307. The summed E-state index contributed by atoms with van der Waals surface area (Å²) in [6.07, 6.45) is 1.85. The molecule has 0 unspecified atom stereocenters. The van der Waals surface area contributed by atoms with Crippen molar-refractivity contribution < 1.29 is 4.79 Å². The van der Waals surface area contributed by atoms with Crippen LogP contribution in [0.1, 0.15) is 10.4 Å². The second-order valence-corrected chi connectivity index (χ2v) is 5.33. The van der Waals surface area contributed by atoms with Crippen LogP contribution in [0.15, 0.2) is 65.6 Å². The molecule has 1 amide bonds. The number of nitrogens with one attached hydrogen (secondary N) is 3. The van der Waals surface area contributed by atoms with Crippen molar-refractivity contribution >= 4 is 33.4 Å². The molecule has 0 aliphatic heterocycles. The molecule has 5 nitrogen and oxygen atoms in total. The van der Waals surface area contributed by atoms with Gasteiger partial charge in [-0.2, -0.15) is 0 Å². The van der Waals surface area contributed by atoms with Crippen LogP contribution in [-0.2, 0) is 0 Å². The molecule has 0 aliphatic rings. The van der Waals surface area contributed by atoms with Gasteiger partial charge in [-0.3, -0.25) is 9.59 Å². The van der Waals surface area contributed by atoms with E-state index in [1.54, 1.807) is 6.07 Å². The molecule has 2 aromatic carbocycles. The molecule has 0 saturated carbocycles. The normalized spacial score (nSPS) is 11.0. The highest BCUT2D eigenvalue weighted by Gasteiger charge is 2.12. The zero-order valence-corrected chi connectivity index (χ0v) is 12.1. The smallest absolute Gasteiger partial charge is 0.256 e. The first-order chi connectivity index (χ1) is 11.2. The van der Waals surface area contributed by atoms with Gasteiger partial charge < -0.3 is 15.3 Å². The van der Waals surface area contributed by atoms with Crippen LogP contribution in [0.5, 0.6) is 0 Å². The number of amides is 1. The fourth-order valence-corrected chi connectivity index (χ4v) is 2.72. The van der Waals surface area contributed by atoms with E-state index in [1.165, 1.54) is 6.07 Å². The second kappa shape index (κ2) is 5.14. The van der Waals surface area contributed by atoms with E-state index in [1.807, 2.05) is 48.7 Å². The number of carbonyl (C=O) groups excluding carboxylic acids is 1. The molecule has 2 aromatic heterocycles. The number of H-pyrrole nitrogens is 2. The fourth-order valence-electron chi connectivity index (χ4n) is 2.72. The molecular formula is C18H13N3O2. The Morgan fingerprint density at radius 3 is 2.74 bits per heavy atom. The van der Waals surface area contributed by atoms with Gasteiger partial charge in [-0.1, -0.05) is 24.3 Å². The number of aromatic amines is 2. The summed E-state index contributed by atoms with van der Waals surface area (Å²) in [5, 5.41) is 4.63. The van der Waals surface area contributed by atoms with Crippen LogP contribution in [0.3, 0.4) is 0 Å². The van der Waals surface area contributed by atoms with Gasteiger partial charge in [-0.15, -0.1) is 0 Å². The maximum atomic E-state index is 12.6. The molecule has 23 heavy (non-hydrogen) atoms. The van der Waals surface area contributed by atoms with E-state index in [9.17, 15) is 9.59 Å². The second-order valence-electron chi connectivity index (χ2n) is 5.33. The average Bonchev–Trinajstić information content (AvgIpc) is 3.01. The number of hydrogen-bond donors (Lipinski definition) is 3. The number of fused-ring (bicyclic) bond motifs is 2.